The lowest BCUT2D eigenvalue weighted by molar-refractivity contribution is -0.122. The molecule has 4 nitrogen and oxygen atoms in total. The molecule has 72 valence electrons. The number of amidine groups is 1. The zero-order chi connectivity index (χ0) is 10.1. The van der Waals surface area contributed by atoms with Gasteiger partial charge in [-0.05, 0) is 6.92 Å². The molecule has 1 atom stereocenters. The molecule has 0 radical (unpaired) electrons. The molecule has 0 saturated heterocycles. The number of aryl methyl sites for hydroxylation is 1. The zero-order valence-corrected chi connectivity index (χ0v) is 7.73. The summed E-state index contributed by atoms with van der Waals surface area (Å²) < 4.78 is 5.08. The Hall–Kier alpha value is -1.84. The van der Waals surface area contributed by atoms with Crippen molar-refractivity contribution in [2.45, 2.75) is 13.0 Å². The Kier molecular flexibility index (Phi) is 1.96. The Bertz CT molecular complexity index is 395. The molecular formula is C10H10N2O2. The van der Waals surface area contributed by atoms with Crippen LogP contribution in [-0.4, -0.2) is 11.9 Å². The monoisotopic (exact) mass is 190 g/mol. The molecule has 0 fully saturated rings. The summed E-state index contributed by atoms with van der Waals surface area (Å²) in [4.78, 5) is 14.8. The maximum absolute atomic E-state index is 11.3. The van der Waals surface area contributed by atoms with Crippen molar-refractivity contribution >= 4 is 11.9 Å². The summed E-state index contributed by atoms with van der Waals surface area (Å²) in [7, 11) is 0. The van der Waals surface area contributed by atoms with Crippen molar-refractivity contribution in [1.29, 1.82) is 0 Å². The Morgan fingerprint density at radius 2 is 2.00 bits per heavy atom. The number of nitrogens with two attached hydrogens (primary N) is 1. The summed E-state index contributed by atoms with van der Waals surface area (Å²) in [5.41, 5.74) is 7.20. The van der Waals surface area contributed by atoms with Crippen LogP contribution in [0.3, 0.4) is 0 Å². The second-order valence-electron chi connectivity index (χ2n) is 3.20. The van der Waals surface area contributed by atoms with Crippen molar-refractivity contribution in [2.24, 2.45) is 10.7 Å². The first-order valence-corrected chi connectivity index (χ1v) is 4.28. The highest BCUT2D eigenvalue weighted by Gasteiger charge is 2.28. The normalized spacial score (nSPS) is 20.5. The molecule has 1 amide bonds. The predicted octanol–water partition coefficient (Wildman–Crippen LogP) is 0.908. The van der Waals surface area contributed by atoms with Crippen molar-refractivity contribution in [3.63, 3.8) is 0 Å². The number of aliphatic imine (C=N–C) groups is 1. The minimum absolute atomic E-state index is 0.0550. The average molecular weight is 190 g/mol. The molecule has 2 N–H and O–H groups in total. The third kappa shape index (κ3) is 1.46. The van der Waals surface area contributed by atoms with Gasteiger partial charge in [-0.1, -0.05) is 29.8 Å². The fraction of sp³-hybridized carbons (Fsp3) is 0.200. The smallest absolute Gasteiger partial charge is 0.296 e. The van der Waals surface area contributed by atoms with Crippen LogP contribution in [0.15, 0.2) is 29.3 Å². The molecule has 1 aliphatic rings. The summed E-state index contributed by atoms with van der Waals surface area (Å²) in [5.74, 6) is -0.341. The minimum atomic E-state index is -0.657. The second kappa shape index (κ2) is 3.14. The van der Waals surface area contributed by atoms with E-state index < -0.39 is 6.10 Å². The van der Waals surface area contributed by atoms with E-state index in [-0.39, 0.29) is 11.9 Å². The molecule has 0 bridgehead atoms. The van der Waals surface area contributed by atoms with Crippen LogP contribution in [0.1, 0.15) is 17.2 Å². The van der Waals surface area contributed by atoms with Gasteiger partial charge in [-0.25, -0.2) is 0 Å². The number of nitrogens with zero attached hydrogens (tertiary/aromatic N) is 1. The van der Waals surface area contributed by atoms with E-state index in [0.717, 1.165) is 11.1 Å². The molecular weight excluding hydrogens is 180 g/mol. The maximum Gasteiger partial charge on any atom is 0.296 e. The van der Waals surface area contributed by atoms with Crippen LogP contribution in [0.5, 0.6) is 0 Å². The summed E-state index contributed by atoms with van der Waals surface area (Å²) in [6, 6.07) is 7.46. The number of benzene rings is 1. The van der Waals surface area contributed by atoms with E-state index in [1.807, 2.05) is 31.2 Å². The number of hydrogen-bond acceptors (Lipinski definition) is 3. The Morgan fingerprint density at radius 3 is 2.50 bits per heavy atom. The van der Waals surface area contributed by atoms with Crippen molar-refractivity contribution in [2.75, 3.05) is 0 Å². The number of ether oxygens (including phenoxy) is 1. The van der Waals surface area contributed by atoms with E-state index in [9.17, 15) is 4.79 Å². The highest BCUT2D eigenvalue weighted by atomic mass is 16.5. The van der Waals surface area contributed by atoms with Gasteiger partial charge in [-0.15, -0.1) is 0 Å². The number of carbonyl (C=O) groups is 1. The second-order valence-corrected chi connectivity index (χ2v) is 3.20. The Morgan fingerprint density at radius 1 is 1.36 bits per heavy atom. The van der Waals surface area contributed by atoms with Gasteiger partial charge in [0, 0.05) is 5.56 Å². The number of rotatable bonds is 1. The Balaban J connectivity index is 2.26. The summed E-state index contributed by atoms with van der Waals surface area (Å²) in [6.07, 6.45) is -0.657. The SMILES string of the molecule is Cc1ccc([C@@H]2OC(N)=NC2=O)cc1. The molecule has 0 saturated carbocycles. The van der Waals surface area contributed by atoms with Crippen LogP contribution in [0, 0.1) is 6.92 Å². The van der Waals surface area contributed by atoms with Gasteiger partial charge < -0.3 is 10.5 Å². The van der Waals surface area contributed by atoms with Crippen molar-refractivity contribution in [3.05, 3.63) is 35.4 Å². The number of carbonyl (C=O) groups excluding carboxylic acids is 1. The topological polar surface area (TPSA) is 64.7 Å². The lowest BCUT2D eigenvalue weighted by Gasteiger charge is -2.08. The van der Waals surface area contributed by atoms with E-state index in [1.165, 1.54) is 0 Å². The Labute approximate surface area is 81.4 Å². The van der Waals surface area contributed by atoms with E-state index >= 15 is 0 Å². The number of amides is 1. The first-order valence-electron chi connectivity index (χ1n) is 4.28. The molecule has 2 rings (SSSR count). The first-order chi connectivity index (χ1) is 6.66. The van der Waals surface area contributed by atoms with Gasteiger partial charge in [0.15, 0.2) is 0 Å². The van der Waals surface area contributed by atoms with E-state index in [0.29, 0.717) is 0 Å². The molecule has 1 aliphatic heterocycles. The van der Waals surface area contributed by atoms with E-state index in [2.05, 4.69) is 4.99 Å². The summed E-state index contributed by atoms with van der Waals surface area (Å²) in [5, 5.41) is 0. The number of hydrogen-bond donors (Lipinski definition) is 1. The van der Waals surface area contributed by atoms with Crippen LogP contribution < -0.4 is 5.73 Å². The molecule has 0 aliphatic carbocycles. The molecule has 0 spiro atoms. The quantitative estimate of drug-likeness (QED) is 0.715. The average Bonchev–Trinajstić information content (AvgIpc) is 2.47. The van der Waals surface area contributed by atoms with Crippen LogP contribution in [0.4, 0.5) is 0 Å². The predicted molar refractivity (Wildman–Crippen MR) is 51.6 cm³/mol. The standard InChI is InChI=1S/C10H10N2O2/c1-6-2-4-7(5-3-6)8-9(13)12-10(11)14-8/h2-5,8H,1H3,(H2,11,12,13)/t8-/m0/s1. The first kappa shape index (κ1) is 8.74. The summed E-state index contributed by atoms with van der Waals surface area (Å²) >= 11 is 0. The van der Waals surface area contributed by atoms with Gasteiger partial charge in [0.1, 0.15) is 0 Å². The fourth-order valence-corrected chi connectivity index (χ4v) is 1.32. The lowest BCUT2D eigenvalue weighted by atomic mass is 10.1. The van der Waals surface area contributed by atoms with Crippen molar-refractivity contribution < 1.29 is 9.53 Å². The fourth-order valence-electron chi connectivity index (χ4n) is 1.32. The molecule has 14 heavy (non-hydrogen) atoms. The zero-order valence-electron chi connectivity index (χ0n) is 7.73. The van der Waals surface area contributed by atoms with E-state index in [4.69, 9.17) is 10.5 Å². The van der Waals surface area contributed by atoms with Gasteiger partial charge in [0.05, 0.1) is 0 Å². The molecule has 0 unspecified atom stereocenters. The van der Waals surface area contributed by atoms with Crippen LogP contribution in [-0.2, 0) is 9.53 Å². The largest absolute Gasteiger partial charge is 0.447 e. The third-order valence-corrected chi connectivity index (χ3v) is 2.06. The minimum Gasteiger partial charge on any atom is -0.447 e. The summed E-state index contributed by atoms with van der Waals surface area (Å²) in [6.45, 7) is 1.98. The maximum atomic E-state index is 11.3. The van der Waals surface area contributed by atoms with Gasteiger partial charge >= 0.3 is 0 Å². The highest BCUT2D eigenvalue weighted by Crippen LogP contribution is 2.23. The van der Waals surface area contributed by atoms with Gasteiger partial charge in [0.25, 0.3) is 11.9 Å². The van der Waals surface area contributed by atoms with Gasteiger partial charge in [-0.2, -0.15) is 4.99 Å². The van der Waals surface area contributed by atoms with Gasteiger partial charge in [0.2, 0.25) is 6.10 Å². The molecule has 4 heteroatoms. The van der Waals surface area contributed by atoms with E-state index in [1.54, 1.807) is 0 Å². The van der Waals surface area contributed by atoms with Gasteiger partial charge in [-0.3, -0.25) is 4.79 Å². The lowest BCUT2D eigenvalue weighted by Crippen LogP contribution is -2.13. The van der Waals surface area contributed by atoms with Crippen molar-refractivity contribution in [1.82, 2.24) is 0 Å². The molecule has 1 aromatic carbocycles. The third-order valence-electron chi connectivity index (χ3n) is 2.06. The van der Waals surface area contributed by atoms with Crippen LogP contribution in [0.2, 0.25) is 0 Å². The van der Waals surface area contributed by atoms with Crippen LogP contribution >= 0.6 is 0 Å². The molecule has 1 aromatic rings. The van der Waals surface area contributed by atoms with Crippen LogP contribution in [0.25, 0.3) is 0 Å². The molecule has 1 heterocycles. The molecule has 0 aromatic heterocycles. The highest BCUT2D eigenvalue weighted by molar-refractivity contribution is 5.98. The van der Waals surface area contributed by atoms with Crippen molar-refractivity contribution in [3.8, 4) is 0 Å².